The molecule has 0 amide bonds. The number of pyridine rings is 1. The lowest BCUT2D eigenvalue weighted by Gasteiger charge is -2.03. The van der Waals surface area contributed by atoms with Crippen LogP contribution in [0.3, 0.4) is 0 Å². The molecule has 0 bridgehead atoms. The largest absolute Gasteiger partial charge is 0.350 e. The summed E-state index contributed by atoms with van der Waals surface area (Å²) in [6.45, 7) is 2.61. The van der Waals surface area contributed by atoms with E-state index in [-0.39, 0.29) is 0 Å². The topological polar surface area (TPSA) is 55.1 Å². The molecule has 0 radical (unpaired) electrons. The van der Waals surface area contributed by atoms with E-state index >= 15 is 0 Å². The molecular formula is C13H13N5. The Morgan fingerprint density at radius 2 is 2.22 bits per heavy atom. The van der Waals surface area contributed by atoms with Crippen molar-refractivity contribution in [1.82, 2.24) is 19.6 Å². The number of anilines is 1. The van der Waals surface area contributed by atoms with Crippen molar-refractivity contribution < 1.29 is 0 Å². The number of fused-ring (bicyclic) bond motifs is 1. The zero-order chi connectivity index (χ0) is 12.4. The molecule has 0 unspecified atom stereocenters. The van der Waals surface area contributed by atoms with Crippen molar-refractivity contribution in [3.63, 3.8) is 0 Å². The molecule has 5 heteroatoms. The van der Waals surface area contributed by atoms with Crippen LogP contribution in [-0.2, 0) is 6.54 Å². The Morgan fingerprint density at radius 3 is 3.11 bits per heavy atom. The third-order valence-electron chi connectivity index (χ3n) is 2.74. The highest BCUT2D eigenvalue weighted by Gasteiger charge is 2.03. The van der Waals surface area contributed by atoms with Gasteiger partial charge in [-0.3, -0.25) is 0 Å². The summed E-state index contributed by atoms with van der Waals surface area (Å²) >= 11 is 0. The van der Waals surface area contributed by atoms with Crippen LogP contribution in [0.2, 0.25) is 0 Å². The Kier molecular flexibility index (Phi) is 2.64. The molecule has 3 aromatic heterocycles. The fraction of sp³-hybridized carbons (Fsp3) is 0.154. The van der Waals surface area contributed by atoms with Crippen molar-refractivity contribution in [3.8, 4) is 0 Å². The Bertz CT molecular complexity index is 674. The maximum Gasteiger partial charge on any atom is 0.223 e. The van der Waals surface area contributed by atoms with Gasteiger partial charge in [-0.25, -0.2) is 14.5 Å². The van der Waals surface area contributed by atoms with E-state index in [1.165, 1.54) is 0 Å². The summed E-state index contributed by atoms with van der Waals surface area (Å²) in [7, 11) is 0. The van der Waals surface area contributed by atoms with Gasteiger partial charge >= 0.3 is 0 Å². The lowest BCUT2D eigenvalue weighted by Crippen LogP contribution is -2.03. The van der Waals surface area contributed by atoms with Crippen LogP contribution in [0, 0.1) is 6.92 Å². The zero-order valence-corrected chi connectivity index (χ0v) is 10.0. The molecule has 5 nitrogen and oxygen atoms in total. The normalized spacial score (nSPS) is 10.7. The van der Waals surface area contributed by atoms with Crippen LogP contribution >= 0.6 is 0 Å². The summed E-state index contributed by atoms with van der Waals surface area (Å²) in [5.74, 6) is 0.644. The van der Waals surface area contributed by atoms with Crippen LogP contribution in [0.5, 0.6) is 0 Å². The highest BCUT2D eigenvalue weighted by atomic mass is 15.2. The van der Waals surface area contributed by atoms with Crippen molar-refractivity contribution in [2.45, 2.75) is 13.5 Å². The Balaban J connectivity index is 1.81. The van der Waals surface area contributed by atoms with E-state index in [1.54, 1.807) is 6.20 Å². The number of nitrogens with one attached hydrogen (secondary N) is 1. The predicted molar refractivity (Wildman–Crippen MR) is 69.3 cm³/mol. The standard InChI is InChI=1S/C13H13N5/c1-10-5-6-14-13(17-10)15-8-11-9-16-18-7-3-2-4-12(11)18/h2-7,9H,8H2,1H3,(H,14,15,17). The van der Waals surface area contributed by atoms with Crippen LogP contribution in [0.1, 0.15) is 11.3 Å². The van der Waals surface area contributed by atoms with Crippen molar-refractivity contribution in [2.24, 2.45) is 0 Å². The van der Waals surface area contributed by atoms with Gasteiger partial charge in [0.25, 0.3) is 0 Å². The van der Waals surface area contributed by atoms with Gasteiger partial charge in [0, 0.05) is 30.2 Å². The van der Waals surface area contributed by atoms with Gasteiger partial charge in [-0.05, 0) is 25.1 Å². The molecule has 1 N–H and O–H groups in total. The molecule has 3 aromatic rings. The van der Waals surface area contributed by atoms with Crippen LogP contribution in [0.25, 0.3) is 5.52 Å². The molecular weight excluding hydrogens is 226 g/mol. The fourth-order valence-electron chi connectivity index (χ4n) is 1.83. The summed E-state index contributed by atoms with van der Waals surface area (Å²) in [6.07, 6.45) is 5.54. The first-order valence-corrected chi connectivity index (χ1v) is 5.78. The van der Waals surface area contributed by atoms with Crippen molar-refractivity contribution in [1.29, 1.82) is 0 Å². The molecule has 0 aliphatic heterocycles. The molecule has 0 saturated carbocycles. The zero-order valence-electron chi connectivity index (χ0n) is 10.0. The lowest BCUT2D eigenvalue weighted by atomic mass is 10.2. The maximum atomic E-state index is 4.30. The summed E-state index contributed by atoms with van der Waals surface area (Å²) in [5, 5.41) is 7.49. The van der Waals surface area contributed by atoms with E-state index in [9.17, 15) is 0 Å². The number of rotatable bonds is 3. The van der Waals surface area contributed by atoms with Crippen molar-refractivity contribution >= 4 is 11.5 Å². The highest BCUT2D eigenvalue weighted by molar-refractivity contribution is 5.54. The lowest BCUT2D eigenvalue weighted by molar-refractivity contribution is 0.961. The number of hydrogen-bond donors (Lipinski definition) is 1. The van der Waals surface area contributed by atoms with E-state index in [0.717, 1.165) is 16.8 Å². The maximum absolute atomic E-state index is 4.30. The van der Waals surface area contributed by atoms with Gasteiger partial charge in [-0.15, -0.1) is 0 Å². The Labute approximate surface area is 105 Å². The molecule has 0 aliphatic carbocycles. The minimum atomic E-state index is 0.644. The Hall–Kier alpha value is -2.43. The van der Waals surface area contributed by atoms with Gasteiger partial charge in [-0.1, -0.05) is 6.07 Å². The van der Waals surface area contributed by atoms with Crippen LogP contribution in [0.4, 0.5) is 5.95 Å². The quantitative estimate of drug-likeness (QED) is 0.760. The molecule has 0 fully saturated rings. The fourth-order valence-corrected chi connectivity index (χ4v) is 1.83. The van der Waals surface area contributed by atoms with E-state index in [1.807, 2.05) is 48.1 Å². The van der Waals surface area contributed by atoms with E-state index in [4.69, 9.17) is 0 Å². The number of hydrogen-bond acceptors (Lipinski definition) is 4. The van der Waals surface area contributed by atoms with Gasteiger partial charge in [0.2, 0.25) is 5.95 Å². The Morgan fingerprint density at radius 1 is 1.28 bits per heavy atom. The van der Waals surface area contributed by atoms with Gasteiger partial charge in [0.05, 0.1) is 11.7 Å². The second-order valence-corrected chi connectivity index (χ2v) is 4.08. The van der Waals surface area contributed by atoms with Gasteiger partial charge in [0.1, 0.15) is 0 Å². The average molecular weight is 239 g/mol. The van der Waals surface area contributed by atoms with Crippen LogP contribution in [0.15, 0.2) is 42.9 Å². The third kappa shape index (κ3) is 2.02. The average Bonchev–Trinajstić information content (AvgIpc) is 2.80. The van der Waals surface area contributed by atoms with Gasteiger partial charge < -0.3 is 5.32 Å². The second-order valence-electron chi connectivity index (χ2n) is 4.08. The molecule has 3 rings (SSSR count). The smallest absolute Gasteiger partial charge is 0.223 e. The molecule has 0 aliphatic rings. The first-order valence-electron chi connectivity index (χ1n) is 5.78. The second kappa shape index (κ2) is 4.44. The molecule has 0 aromatic carbocycles. The summed E-state index contributed by atoms with van der Waals surface area (Å²) in [5.41, 5.74) is 3.17. The van der Waals surface area contributed by atoms with Crippen LogP contribution < -0.4 is 5.32 Å². The minimum absolute atomic E-state index is 0.644. The molecule has 0 saturated heterocycles. The molecule has 3 heterocycles. The molecule has 90 valence electrons. The predicted octanol–water partition coefficient (Wildman–Crippen LogP) is 2.04. The minimum Gasteiger partial charge on any atom is -0.350 e. The van der Waals surface area contributed by atoms with Crippen LogP contribution in [-0.4, -0.2) is 19.6 Å². The summed E-state index contributed by atoms with van der Waals surface area (Å²) < 4.78 is 1.86. The van der Waals surface area contributed by atoms with Gasteiger partial charge in [-0.2, -0.15) is 5.10 Å². The molecule has 0 atom stereocenters. The van der Waals surface area contributed by atoms with E-state index in [2.05, 4.69) is 20.4 Å². The van der Waals surface area contributed by atoms with Crippen molar-refractivity contribution in [2.75, 3.05) is 5.32 Å². The van der Waals surface area contributed by atoms with E-state index < -0.39 is 0 Å². The summed E-state index contributed by atoms with van der Waals surface area (Å²) in [6, 6.07) is 7.88. The SMILES string of the molecule is Cc1ccnc(NCc2cnn3ccccc23)n1. The van der Waals surface area contributed by atoms with E-state index in [0.29, 0.717) is 12.5 Å². The first kappa shape index (κ1) is 10.7. The van der Waals surface area contributed by atoms with Gasteiger partial charge in [0.15, 0.2) is 0 Å². The number of aryl methyl sites for hydroxylation is 1. The number of nitrogens with zero attached hydrogens (tertiary/aromatic N) is 4. The number of aromatic nitrogens is 4. The summed E-state index contributed by atoms with van der Waals surface area (Å²) in [4.78, 5) is 8.47. The molecule has 0 spiro atoms. The third-order valence-corrected chi connectivity index (χ3v) is 2.74. The first-order chi connectivity index (χ1) is 8.83. The monoisotopic (exact) mass is 239 g/mol. The highest BCUT2D eigenvalue weighted by Crippen LogP contribution is 2.11. The van der Waals surface area contributed by atoms with Crippen molar-refractivity contribution in [3.05, 3.63) is 54.1 Å². The molecule has 18 heavy (non-hydrogen) atoms.